The van der Waals surface area contributed by atoms with Crippen molar-refractivity contribution in [3.05, 3.63) is 96.9 Å². The van der Waals surface area contributed by atoms with Gasteiger partial charge in [-0.1, -0.05) is 62.4 Å². The van der Waals surface area contributed by atoms with E-state index in [1.165, 1.54) is 7.11 Å². The number of imidazole rings is 2. The zero-order chi connectivity index (χ0) is 38.9. The molecule has 1 aliphatic heterocycles. The second-order valence-electron chi connectivity index (χ2n) is 15.8. The van der Waals surface area contributed by atoms with Crippen LogP contribution in [0.25, 0.3) is 33.6 Å². The van der Waals surface area contributed by atoms with Gasteiger partial charge in [-0.3, -0.25) is 19.6 Å². The fourth-order valence-corrected chi connectivity index (χ4v) is 9.16. The largest absolute Gasteiger partial charge is 0.453 e. The molecule has 2 aliphatic carbocycles. The zero-order valence-electron chi connectivity index (χ0n) is 32.2. The van der Waals surface area contributed by atoms with Gasteiger partial charge in [-0.25, -0.2) is 14.8 Å². The Kier molecular flexibility index (Phi) is 10.4. The molecule has 4 N–H and O–H groups in total. The van der Waals surface area contributed by atoms with Gasteiger partial charge in [0.2, 0.25) is 11.8 Å². The predicted octanol–water partition coefficient (Wildman–Crippen LogP) is 6.98. The van der Waals surface area contributed by atoms with E-state index in [0.29, 0.717) is 18.4 Å². The number of H-pyrrole nitrogens is 2. The lowest BCUT2D eigenvalue weighted by atomic mass is 9.78. The van der Waals surface area contributed by atoms with Gasteiger partial charge in [0.25, 0.3) is 0 Å². The van der Waals surface area contributed by atoms with Crippen molar-refractivity contribution in [1.29, 1.82) is 0 Å². The van der Waals surface area contributed by atoms with E-state index in [1.54, 1.807) is 18.6 Å². The number of rotatable bonds is 11. The molecular formula is C43H49N9O4. The van der Waals surface area contributed by atoms with Gasteiger partial charge in [-0.15, -0.1) is 0 Å². The lowest BCUT2D eigenvalue weighted by molar-refractivity contribution is -0.135. The number of carbonyl (C=O) groups is 3. The molecule has 0 radical (unpaired) electrons. The maximum atomic E-state index is 13.7. The van der Waals surface area contributed by atoms with Crippen molar-refractivity contribution in [1.82, 2.24) is 45.4 Å². The highest BCUT2D eigenvalue weighted by molar-refractivity contribution is 5.86. The summed E-state index contributed by atoms with van der Waals surface area (Å²) in [6.07, 6.45) is 13.0. The van der Waals surface area contributed by atoms with Crippen molar-refractivity contribution in [2.24, 2.45) is 23.7 Å². The van der Waals surface area contributed by atoms with E-state index >= 15 is 0 Å². The van der Waals surface area contributed by atoms with E-state index in [1.807, 2.05) is 38.1 Å². The third kappa shape index (κ3) is 7.29. The number of hydrogen-bond donors (Lipinski definition) is 4. The van der Waals surface area contributed by atoms with Gasteiger partial charge >= 0.3 is 6.09 Å². The van der Waals surface area contributed by atoms with Crippen LogP contribution < -0.4 is 10.6 Å². The van der Waals surface area contributed by atoms with Crippen LogP contribution in [-0.4, -0.2) is 72.4 Å². The Morgan fingerprint density at radius 1 is 0.768 bits per heavy atom. The van der Waals surface area contributed by atoms with Crippen molar-refractivity contribution >= 4 is 17.9 Å². The van der Waals surface area contributed by atoms with Crippen LogP contribution >= 0.6 is 0 Å². The van der Waals surface area contributed by atoms with Crippen molar-refractivity contribution < 1.29 is 19.1 Å². The Morgan fingerprint density at radius 3 is 2.02 bits per heavy atom. The number of benzene rings is 2. The van der Waals surface area contributed by atoms with Gasteiger partial charge in [0.15, 0.2) is 0 Å². The molecule has 3 aliphatic rings. The summed E-state index contributed by atoms with van der Waals surface area (Å²) >= 11 is 0. The Hall–Kier alpha value is -5.85. The van der Waals surface area contributed by atoms with E-state index < -0.39 is 12.1 Å². The normalized spacial score (nSPS) is 22.6. The molecule has 290 valence electrons. The number of amides is 3. The van der Waals surface area contributed by atoms with Gasteiger partial charge in [-0.05, 0) is 79.0 Å². The minimum absolute atomic E-state index is 0.0625. The summed E-state index contributed by atoms with van der Waals surface area (Å²) in [4.78, 5) is 66.1. The van der Waals surface area contributed by atoms with Crippen molar-refractivity contribution in [2.75, 3.05) is 13.7 Å². The van der Waals surface area contributed by atoms with Crippen molar-refractivity contribution in [3.63, 3.8) is 0 Å². The van der Waals surface area contributed by atoms with Crippen LogP contribution in [0.5, 0.6) is 0 Å². The third-order valence-corrected chi connectivity index (χ3v) is 12.1. The minimum atomic E-state index is -0.679. The fraction of sp³-hybridized carbons (Fsp3) is 0.419. The Morgan fingerprint density at radius 2 is 1.39 bits per heavy atom. The highest BCUT2D eigenvalue weighted by Crippen LogP contribution is 2.56. The number of fused-ring (bicyclic) bond motifs is 2. The maximum absolute atomic E-state index is 13.7. The molecule has 7 atom stereocenters. The number of aromatic nitrogens is 6. The molecule has 3 fully saturated rings. The number of carbonyl (C=O) groups excluding carboxylic acids is 3. The summed E-state index contributed by atoms with van der Waals surface area (Å²) in [5, 5.41) is 5.91. The maximum Gasteiger partial charge on any atom is 0.407 e. The number of ether oxygens (including phenoxy) is 1. The van der Waals surface area contributed by atoms with E-state index in [9.17, 15) is 14.4 Å². The topological polar surface area (TPSA) is 171 Å². The van der Waals surface area contributed by atoms with E-state index in [2.05, 4.69) is 84.1 Å². The van der Waals surface area contributed by atoms with Crippen LogP contribution in [0.3, 0.4) is 0 Å². The summed E-state index contributed by atoms with van der Waals surface area (Å²) in [6.45, 7) is 6.37. The first kappa shape index (κ1) is 37.1. The molecule has 4 heterocycles. The molecule has 56 heavy (non-hydrogen) atoms. The summed E-state index contributed by atoms with van der Waals surface area (Å²) in [7, 11) is 1.30. The highest BCUT2D eigenvalue weighted by atomic mass is 16.5. The second kappa shape index (κ2) is 15.7. The van der Waals surface area contributed by atoms with Crippen LogP contribution in [0.1, 0.15) is 88.2 Å². The molecule has 2 bridgehead atoms. The zero-order valence-corrected chi connectivity index (χ0v) is 32.2. The molecule has 0 unspecified atom stereocenters. The van der Waals surface area contributed by atoms with E-state index in [-0.39, 0.29) is 41.7 Å². The summed E-state index contributed by atoms with van der Waals surface area (Å²) < 4.78 is 4.76. The lowest BCUT2D eigenvalue weighted by Crippen LogP contribution is -2.51. The SMILES string of the molecule is COC(=O)N[C@H](C(=O)N1CCC[C@H]1c1ncc(-c2ccc(-c3ccc(-c4cnc([C@@H]5[C@H]6CC[C@H](C6)[C@H]5C(=O)N[C@@H](C)c5cnccn5)[nH]4)cc3)cc2)[nH]1)C(C)C. The molecule has 8 rings (SSSR count). The number of alkyl carbamates (subject to hydrolysis) is 1. The molecule has 13 heteroatoms. The average molecular weight is 756 g/mol. The molecule has 2 saturated carbocycles. The first-order valence-electron chi connectivity index (χ1n) is 19.7. The number of nitrogens with zero attached hydrogens (tertiary/aromatic N) is 5. The third-order valence-electron chi connectivity index (χ3n) is 12.1. The molecule has 5 aromatic rings. The number of likely N-dealkylation sites (tertiary alicyclic amines) is 1. The van der Waals surface area contributed by atoms with Gasteiger partial charge in [0, 0.05) is 24.9 Å². The lowest BCUT2D eigenvalue weighted by Gasteiger charge is -2.30. The monoisotopic (exact) mass is 755 g/mol. The molecule has 2 aromatic carbocycles. The van der Waals surface area contributed by atoms with Crippen LogP contribution in [0.2, 0.25) is 0 Å². The van der Waals surface area contributed by atoms with Gasteiger partial charge in [0.05, 0.1) is 60.8 Å². The fourth-order valence-electron chi connectivity index (χ4n) is 9.16. The van der Waals surface area contributed by atoms with Crippen LogP contribution in [0, 0.1) is 23.7 Å². The molecule has 13 nitrogen and oxygen atoms in total. The van der Waals surface area contributed by atoms with E-state index in [4.69, 9.17) is 9.72 Å². The molecule has 3 aromatic heterocycles. The van der Waals surface area contributed by atoms with Gasteiger partial charge in [0.1, 0.15) is 17.7 Å². The van der Waals surface area contributed by atoms with Gasteiger partial charge in [-0.2, -0.15) is 0 Å². The number of hydrogen-bond acceptors (Lipinski definition) is 8. The van der Waals surface area contributed by atoms with Crippen LogP contribution in [0.4, 0.5) is 4.79 Å². The highest BCUT2D eigenvalue weighted by Gasteiger charge is 2.52. The quantitative estimate of drug-likeness (QED) is 0.112. The smallest absolute Gasteiger partial charge is 0.407 e. The Balaban J connectivity index is 0.922. The molecular weight excluding hydrogens is 707 g/mol. The number of nitrogens with one attached hydrogen (secondary N) is 4. The number of aromatic amines is 2. The second-order valence-corrected chi connectivity index (χ2v) is 15.8. The van der Waals surface area contributed by atoms with Crippen LogP contribution in [0.15, 0.2) is 79.5 Å². The first-order valence-corrected chi connectivity index (χ1v) is 19.7. The van der Waals surface area contributed by atoms with Crippen LogP contribution in [-0.2, 0) is 14.3 Å². The molecule has 0 spiro atoms. The summed E-state index contributed by atoms with van der Waals surface area (Å²) in [5.41, 5.74) is 6.77. The Bertz CT molecular complexity index is 2160. The first-order chi connectivity index (χ1) is 27.2. The van der Waals surface area contributed by atoms with Gasteiger partial charge < -0.3 is 30.2 Å². The summed E-state index contributed by atoms with van der Waals surface area (Å²) in [5.74, 6) is 2.22. The van der Waals surface area contributed by atoms with Crippen molar-refractivity contribution in [3.8, 4) is 33.6 Å². The minimum Gasteiger partial charge on any atom is -0.453 e. The Labute approximate surface area is 326 Å². The molecule has 1 saturated heterocycles. The predicted molar refractivity (Wildman–Crippen MR) is 211 cm³/mol. The number of methoxy groups -OCH3 is 1. The average Bonchev–Trinajstić information content (AvgIpc) is 4.08. The summed E-state index contributed by atoms with van der Waals surface area (Å²) in [6, 6.07) is 15.7. The molecule has 3 amide bonds. The van der Waals surface area contributed by atoms with E-state index in [0.717, 1.165) is 83.1 Å². The standard InChI is InChI=1S/C43H49N9O4/c1-24(2)38(51-43(55)56-4)42(54)52-19-5-6-35(52)39-46-22-33(49-39)28-11-7-26(8-12-28)27-9-13-29(14-10-27)34-23-47-40(50-34)36-30-15-16-31(20-30)37(36)41(53)48-25(3)32-21-44-17-18-45-32/h7-14,17-18,21-25,30-31,35-38H,5-6,15-16,19-20H2,1-4H3,(H,46,49)(H,47,50)(H,48,53)(H,51,55)/t25-,30-,31+,35-,36+,37+,38-/m0/s1. The van der Waals surface area contributed by atoms with Crippen molar-refractivity contribution in [2.45, 2.75) is 76.9 Å².